The van der Waals surface area contributed by atoms with Crippen molar-refractivity contribution < 1.29 is 4.79 Å². The Balaban J connectivity index is 1.73. The van der Waals surface area contributed by atoms with Gasteiger partial charge in [-0.3, -0.25) is 4.79 Å². The SMILES string of the molecule is Cc1cccc(CC2SC(=Nc3cc(C)ccn3)NC2=O)c1. The van der Waals surface area contributed by atoms with Gasteiger partial charge in [0.05, 0.1) is 5.25 Å². The van der Waals surface area contributed by atoms with Crippen LogP contribution in [0.2, 0.25) is 0 Å². The molecule has 112 valence electrons. The average molecular weight is 311 g/mol. The summed E-state index contributed by atoms with van der Waals surface area (Å²) in [6.45, 7) is 4.05. The molecular formula is C17H17N3OS. The first kappa shape index (κ1) is 14.8. The third-order valence-electron chi connectivity index (χ3n) is 3.40. The normalized spacial score (nSPS) is 19.5. The number of nitrogens with zero attached hydrogens (tertiary/aromatic N) is 2. The lowest BCUT2D eigenvalue weighted by Crippen LogP contribution is -2.26. The maximum Gasteiger partial charge on any atom is 0.239 e. The van der Waals surface area contributed by atoms with Gasteiger partial charge in [-0.1, -0.05) is 41.6 Å². The van der Waals surface area contributed by atoms with Gasteiger partial charge in [-0.15, -0.1) is 0 Å². The van der Waals surface area contributed by atoms with Gasteiger partial charge in [0.15, 0.2) is 11.0 Å². The molecule has 1 saturated heterocycles. The Morgan fingerprint density at radius 2 is 2.05 bits per heavy atom. The molecule has 1 atom stereocenters. The van der Waals surface area contributed by atoms with E-state index in [1.54, 1.807) is 6.20 Å². The van der Waals surface area contributed by atoms with E-state index in [4.69, 9.17) is 0 Å². The molecule has 5 heteroatoms. The van der Waals surface area contributed by atoms with Crippen LogP contribution in [-0.2, 0) is 11.2 Å². The van der Waals surface area contributed by atoms with Crippen LogP contribution in [0.5, 0.6) is 0 Å². The monoisotopic (exact) mass is 311 g/mol. The molecule has 0 spiro atoms. The molecule has 0 radical (unpaired) electrons. The molecule has 2 heterocycles. The summed E-state index contributed by atoms with van der Waals surface area (Å²) in [6, 6.07) is 12.1. The van der Waals surface area contributed by atoms with E-state index in [1.807, 2.05) is 25.1 Å². The summed E-state index contributed by atoms with van der Waals surface area (Å²) >= 11 is 1.47. The van der Waals surface area contributed by atoms with Crippen LogP contribution in [0.25, 0.3) is 0 Å². The molecule has 1 aliphatic heterocycles. The fourth-order valence-corrected chi connectivity index (χ4v) is 3.35. The Bertz CT molecular complexity index is 742. The third-order valence-corrected chi connectivity index (χ3v) is 4.48. The second kappa shape index (κ2) is 6.32. The van der Waals surface area contributed by atoms with Gasteiger partial charge in [0.2, 0.25) is 5.91 Å². The number of amidine groups is 1. The number of aromatic nitrogens is 1. The lowest BCUT2D eigenvalue weighted by atomic mass is 10.1. The molecular weight excluding hydrogens is 294 g/mol. The number of rotatable bonds is 3. The van der Waals surface area contributed by atoms with E-state index in [9.17, 15) is 4.79 Å². The zero-order valence-corrected chi connectivity index (χ0v) is 13.4. The summed E-state index contributed by atoms with van der Waals surface area (Å²) in [5.41, 5.74) is 3.47. The minimum absolute atomic E-state index is 0.0120. The summed E-state index contributed by atoms with van der Waals surface area (Å²) in [6.07, 6.45) is 2.43. The van der Waals surface area contributed by atoms with Crippen molar-refractivity contribution in [2.45, 2.75) is 25.5 Å². The number of pyridine rings is 1. The van der Waals surface area contributed by atoms with Gasteiger partial charge < -0.3 is 5.32 Å². The number of hydrogen-bond donors (Lipinski definition) is 1. The molecule has 1 N–H and O–H groups in total. The average Bonchev–Trinajstić information content (AvgIpc) is 2.79. The highest BCUT2D eigenvalue weighted by Gasteiger charge is 2.30. The molecule has 1 amide bonds. The zero-order valence-electron chi connectivity index (χ0n) is 12.5. The Kier molecular flexibility index (Phi) is 4.24. The molecule has 0 saturated carbocycles. The maximum atomic E-state index is 12.1. The van der Waals surface area contributed by atoms with Crippen molar-refractivity contribution in [1.29, 1.82) is 0 Å². The first-order valence-corrected chi connectivity index (χ1v) is 8.02. The minimum Gasteiger partial charge on any atom is -0.304 e. The third kappa shape index (κ3) is 3.54. The smallest absolute Gasteiger partial charge is 0.239 e. The van der Waals surface area contributed by atoms with Crippen LogP contribution in [0.1, 0.15) is 16.7 Å². The van der Waals surface area contributed by atoms with Crippen LogP contribution in [0.15, 0.2) is 47.6 Å². The quantitative estimate of drug-likeness (QED) is 0.947. The van der Waals surface area contributed by atoms with E-state index in [0.29, 0.717) is 17.4 Å². The molecule has 0 aliphatic carbocycles. The van der Waals surface area contributed by atoms with Gasteiger partial charge in [0.25, 0.3) is 0 Å². The molecule has 1 aromatic carbocycles. The predicted octanol–water partition coefficient (Wildman–Crippen LogP) is 3.16. The summed E-state index contributed by atoms with van der Waals surface area (Å²) in [5, 5.41) is 3.33. The van der Waals surface area contributed by atoms with Crippen molar-refractivity contribution >= 4 is 28.7 Å². The Morgan fingerprint density at radius 1 is 1.23 bits per heavy atom. The molecule has 1 unspecified atom stereocenters. The highest BCUT2D eigenvalue weighted by atomic mass is 32.2. The van der Waals surface area contributed by atoms with Crippen molar-refractivity contribution in [2.24, 2.45) is 4.99 Å². The van der Waals surface area contributed by atoms with E-state index in [1.165, 1.54) is 22.9 Å². The number of benzene rings is 1. The standard InChI is InChI=1S/C17H17N3OS/c1-11-4-3-5-13(8-11)10-14-16(21)20-17(22-14)19-15-9-12(2)6-7-18-15/h3-9,14H,10H2,1-2H3,(H,18,19,20,21). The Hall–Kier alpha value is -2.14. The van der Waals surface area contributed by atoms with Gasteiger partial charge in [-0.25, -0.2) is 9.98 Å². The topological polar surface area (TPSA) is 54.4 Å². The molecule has 2 aromatic rings. The Labute approximate surface area is 134 Å². The molecule has 1 aromatic heterocycles. The van der Waals surface area contributed by atoms with E-state index < -0.39 is 0 Å². The van der Waals surface area contributed by atoms with Gasteiger partial charge in [0.1, 0.15) is 0 Å². The second-order valence-corrected chi connectivity index (χ2v) is 6.59. The van der Waals surface area contributed by atoms with E-state index >= 15 is 0 Å². The molecule has 0 bridgehead atoms. The van der Waals surface area contributed by atoms with Crippen LogP contribution in [0.4, 0.5) is 5.82 Å². The van der Waals surface area contributed by atoms with Gasteiger partial charge in [-0.05, 0) is 43.5 Å². The number of carbonyl (C=O) groups is 1. The number of hydrogen-bond acceptors (Lipinski definition) is 4. The number of carbonyl (C=O) groups excluding carboxylic acids is 1. The predicted molar refractivity (Wildman–Crippen MR) is 90.5 cm³/mol. The van der Waals surface area contributed by atoms with E-state index in [-0.39, 0.29) is 11.2 Å². The zero-order chi connectivity index (χ0) is 15.5. The number of aliphatic imine (C=N–C) groups is 1. The summed E-state index contributed by atoms with van der Waals surface area (Å²) in [5.74, 6) is 0.636. The molecule has 1 aliphatic rings. The number of aryl methyl sites for hydroxylation is 2. The van der Waals surface area contributed by atoms with Crippen LogP contribution in [0.3, 0.4) is 0 Å². The summed E-state index contributed by atoms with van der Waals surface area (Å²) < 4.78 is 0. The van der Waals surface area contributed by atoms with Crippen molar-refractivity contribution in [3.05, 3.63) is 59.3 Å². The van der Waals surface area contributed by atoms with Crippen LogP contribution >= 0.6 is 11.8 Å². The number of amides is 1. The second-order valence-electron chi connectivity index (χ2n) is 5.40. The van der Waals surface area contributed by atoms with Crippen LogP contribution < -0.4 is 5.32 Å². The lowest BCUT2D eigenvalue weighted by Gasteiger charge is -2.05. The highest BCUT2D eigenvalue weighted by molar-refractivity contribution is 8.15. The molecule has 1 fully saturated rings. The van der Waals surface area contributed by atoms with Crippen molar-refractivity contribution in [2.75, 3.05) is 0 Å². The highest BCUT2D eigenvalue weighted by Crippen LogP contribution is 2.25. The Morgan fingerprint density at radius 3 is 2.82 bits per heavy atom. The largest absolute Gasteiger partial charge is 0.304 e. The lowest BCUT2D eigenvalue weighted by molar-refractivity contribution is -0.118. The first-order valence-electron chi connectivity index (χ1n) is 7.14. The van der Waals surface area contributed by atoms with Gasteiger partial charge in [0, 0.05) is 6.20 Å². The number of thioether (sulfide) groups is 1. The fraction of sp³-hybridized carbons (Fsp3) is 0.235. The van der Waals surface area contributed by atoms with Gasteiger partial charge in [-0.2, -0.15) is 0 Å². The van der Waals surface area contributed by atoms with Crippen molar-refractivity contribution in [1.82, 2.24) is 10.3 Å². The van der Waals surface area contributed by atoms with Crippen LogP contribution in [-0.4, -0.2) is 21.3 Å². The van der Waals surface area contributed by atoms with Crippen LogP contribution in [0, 0.1) is 13.8 Å². The maximum absolute atomic E-state index is 12.1. The van der Waals surface area contributed by atoms with Crippen molar-refractivity contribution in [3.63, 3.8) is 0 Å². The van der Waals surface area contributed by atoms with E-state index in [0.717, 1.165) is 5.56 Å². The molecule has 3 rings (SSSR count). The fourth-order valence-electron chi connectivity index (χ4n) is 2.33. The summed E-state index contributed by atoms with van der Waals surface area (Å²) in [7, 11) is 0. The first-order chi connectivity index (χ1) is 10.6. The van der Waals surface area contributed by atoms with Gasteiger partial charge >= 0.3 is 0 Å². The molecule has 22 heavy (non-hydrogen) atoms. The minimum atomic E-state index is -0.134. The van der Waals surface area contributed by atoms with Crippen molar-refractivity contribution in [3.8, 4) is 0 Å². The molecule has 4 nitrogen and oxygen atoms in total. The summed E-state index contributed by atoms with van der Waals surface area (Å²) in [4.78, 5) is 20.7. The number of nitrogens with one attached hydrogen (secondary N) is 1. The van der Waals surface area contributed by atoms with E-state index in [2.05, 4.69) is 40.4 Å².